The number of carbonyl (C=O) groups excluding carboxylic acids is 2. The third-order valence-electron chi connectivity index (χ3n) is 5.82. The number of carbonyl (C=O) groups is 2. The molecule has 1 fully saturated rings. The van der Waals surface area contributed by atoms with Crippen molar-refractivity contribution >= 4 is 40.1 Å². The van der Waals surface area contributed by atoms with Crippen molar-refractivity contribution in [2.75, 3.05) is 18.5 Å². The van der Waals surface area contributed by atoms with Crippen LogP contribution in [0.5, 0.6) is 0 Å². The Labute approximate surface area is 178 Å². The number of nitrogens with one attached hydrogen (secondary N) is 2. The smallest absolute Gasteiger partial charge is 0.270 e. The van der Waals surface area contributed by atoms with Gasteiger partial charge in [0.15, 0.2) is 5.82 Å². The van der Waals surface area contributed by atoms with Gasteiger partial charge in [-0.15, -0.1) is 0 Å². The molecule has 2 atom stereocenters. The number of rotatable bonds is 3. The molecule has 0 aliphatic carbocycles. The zero-order valence-electron chi connectivity index (χ0n) is 16.5. The van der Waals surface area contributed by atoms with Crippen LogP contribution in [0, 0.1) is 5.92 Å². The highest BCUT2D eigenvalue weighted by atomic mass is 35.5. The summed E-state index contributed by atoms with van der Waals surface area (Å²) in [6, 6.07) is 9.15. The Hall–Kier alpha value is -2.84. The summed E-state index contributed by atoms with van der Waals surface area (Å²) in [5, 5.41) is 8.83. The average molecular weight is 428 g/mol. The van der Waals surface area contributed by atoms with Gasteiger partial charge in [0, 0.05) is 34.6 Å². The number of H-pyrrole nitrogens is 1. The molecule has 9 heteroatoms. The van der Waals surface area contributed by atoms with Crippen molar-refractivity contribution in [2.24, 2.45) is 5.92 Å². The van der Waals surface area contributed by atoms with Crippen molar-refractivity contribution in [2.45, 2.75) is 32.5 Å². The number of halogens is 1. The Kier molecular flexibility index (Phi) is 4.75. The van der Waals surface area contributed by atoms with Crippen LogP contribution in [0.4, 0.5) is 5.82 Å². The summed E-state index contributed by atoms with van der Waals surface area (Å²) < 4.78 is 7.14. The van der Waals surface area contributed by atoms with Gasteiger partial charge in [0.25, 0.3) is 5.91 Å². The lowest BCUT2D eigenvalue weighted by atomic mass is 10.1. The summed E-state index contributed by atoms with van der Waals surface area (Å²) >= 11 is 6.25. The first-order valence-corrected chi connectivity index (χ1v) is 10.4. The molecule has 4 heterocycles. The molecular formula is C21H22ClN5O3. The minimum Gasteiger partial charge on any atom is -0.381 e. The summed E-state index contributed by atoms with van der Waals surface area (Å²) in [5.41, 5.74) is 2.22. The van der Waals surface area contributed by atoms with E-state index in [1.807, 2.05) is 40.8 Å². The van der Waals surface area contributed by atoms with E-state index in [-0.39, 0.29) is 23.8 Å². The zero-order chi connectivity index (χ0) is 20.8. The molecule has 3 aromatic rings. The van der Waals surface area contributed by atoms with E-state index in [1.54, 1.807) is 6.07 Å². The van der Waals surface area contributed by atoms with E-state index in [0.717, 1.165) is 23.0 Å². The number of hydrogen-bond acceptors (Lipinski definition) is 4. The monoisotopic (exact) mass is 427 g/mol. The van der Waals surface area contributed by atoms with Crippen LogP contribution in [0.3, 0.4) is 0 Å². The fourth-order valence-electron chi connectivity index (χ4n) is 4.11. The molecule has 8 nitrogen and oxygen atoms in total. The third kappa shape index (κ3) is 3.36. The molecule has 2 aliphatic heterocycles. The first kappa shape index (κ1) is 19.1. The van der Waals surface area contributed by atoms with Crippen molar-refractivity contribution in [1.29, 1.82) is 0 Å². The largest absolute Gasteiger partial charge is 0.381 e. The second-order valence-electron chi connectivity index (χ2n) is 7.92. The van der Waals surface area contributed by atoms with Crippen LogP contribution >= 0.6 is 11.6 Å². The highest BCUT2D eigenvalue weighted by Crippen LogP contribution is 2.27. The lowest BCUT2D eigenvalue weighted by Crippen LogP contribution is -2.45. The van der Waals surface area contributed by atoms with Crippen molar-refractivity contribution in [1.82, 2.24) is 19.7 Å². The molecule has 2 aromatic heterocycles. The standard InChI is InChI=1S/C21H22ClN5O3/c1-12-9-27-14(7-19(25-27)24-20(28)13-5-6-30-11-13)10-26(12)21(29)18-8-15-16(22)3-2-4-17(15)23-18/h2-4,7-8,12-13,23H,5-6,9-11H2,1H3,(H,24,25,28). The number of ether oxygens (including phenoxy) is 1. The summed E-state index contributed by atoms with van der Waals surface area (Å²) in [5.74, 6) is 0.227. The SMILES string of the molecule is CC1Cn2nc(NC(=O)C3CCOC3)cc2CN1C(=O)c1cc2c(Cl)cccc2[nH]1. The van der Waals surface area contributed by atoms with Gasteiger partial charge in [-0.25, -0.2) is 0 Å². The number of hydrogen-bond donors (Lipinski definition) is 2. The fraction of sp³-hybridized carbons (Fsp3) is 0.381. The topological polar surface area (TPSA) is 92.2 Å². The van der Waals surface area contributed by atoms with E-state index < -0.39 is 0 Å². The Bertz CT molecular complexity index is 1130. The number of anilines is 1. The lowest BCUT2D eigenvalue weighted by Gasteiger charge is -2.33. The Morgan fingerprint density at radius 3 is 2.97 bits per heavy atom. The van der Waals surface area contributed by atoms with Crippen LogP contribution in [-0.2, 0) is 22.6 Å². The summed E-state index contributed by atoms with van der Waals surface area (Å²) in [4.78, 5) is 30.5. The van der Waals surface area contributed by atoms with Gasteiger partial charge in [-0.3, -0.25) is 14.3 Å². The molecular weight excluding hydrogens is 406 g/mol. The molecule has 0 radical (unpaired) electrons. The molecule has 5 rings (SSSR count). The molecule has 2 unspecified atom stereocenters. The van der Waals surface area contributed by atoms with Gasteiger partial charge in [-0.1, -0.05) is 17.7 Å². The van der Waals surface area contributed by atoms with Gasteiger partial charge < -0.3 is 19.9 Å². The maximum atomic E-state index is 13.2. The highest BCUT2D eigenvalue weighted by Gasteiger charge is 2.31. The number of amides is 2. The summed E-state index contributed by atoms with van der Waals surface area (Å²) in [6.45, 7) is 4.04. The van der Waals surface area contributed by atoms with Gasteiger partial charge in [-0.05, 0) is 31.5 Å². The first-order chi connectivity index (χ1) is 14.5. The van der Waals surface area contributed by atoms with Gasteiger partial charge in [0.1, 0.15) is 5.69 Å². The average Bonchev–Trinajstić information content (AvgIpc) is 3.46. The van der Waals surface area contributed by atoms with Crippen LogP contribution in [0.15, 0.2) is 30.3 Å². The van der Waals surface area contributed by atoms with E-state index in [4.69, 9.17) is 16.3 Å². The Balaban J connectivity index is 1.35. The fourth-order valence-corrected chi connectivity index (χ4v) is 4.34. The normalized spacial score (nSPS) is 21.1. The highest BCUT2D eigenvalue weighted by molar-refractivity contribution is 6.35. The van der Waals surface area contributed by atoms with Gasteiger partial charge in [-0.2, -0.15) is 5.10 Å². The van der Waals surface area contributed by atoms with E-state index >= 15 is 0 Å². The van der Waals surface area contributed by atoms with Crippen molar-refractivity contribution < 1.29 is 14.3 Å². The molecule has 0 saturated carbocycles. The molecule has 2 N–H and O–H groups in total. The molecule has 0 bridgehead atoms. The maximum Gasteiger partial charge on any atom is 0.270 e. The van der Waals surface area contributed by atoms with E-state index in [0.29, 0.717) is 42.8 Å². The number of aromatic nitrogens is 3. The van der Waals surface area contributed by atoms with Crippen LogP contribution in [0.25, 0.3) is 10.9 Å². The van der Waals surface area contributed by atoms with Crippen molar-refractivity contribution in [3.8, 4) is 0 Å². The van der Waals surface area contributed by atoms with E-state index in [1.165, 1.54) is 0 Å². The molecule has 2 amide bonds. The molecule has 2 aliphatic rings. The minimum absolute atomic E-state index is 0.0430. The third-order valence-corrected chi connectivity index (χ3v) is 6.15. The Morgan fingerprint density at radius 2 is 2.20 bits per heavy atom. The number of fused-ring (bicyclic) bond motifs is 2. The van der Waals surface area contributed by atoms with Crippen molar-refractivity contribution in [3.63, 3.8) is 0 Å². The second kappa shape index (κ2) is 7.45. The summed E-state index contributed by atoms with van der Waals surface area (Å²) in [7, 11) is 0. The Morgan fingerprint density at radius 1 is 1.33 bits per heavy atom. The first-order valence-electron chi connectivity index (χ1n) is 10.0. The van der Waals surface area contributed by atoms with Crippen LogP contribution < -0.4 is 5.32 Å². The quantitative estimate of drug-likeness (QED) is 0.672. The minimum atomic E-state index is -0.130. The molecule has 30 heavy (non-hydrogen) atoms. The van der Waals surface area contributed by atoms with Gasteiger partial charge in [0.05, 0.1) is 31.3 Å². The number of aromatic amines is 1. The lowest BCUT2D eigenvalue weighted by molar-refractivity contribution is -0.119. The molecule has 0 spiro atoms. The number of nitrogens with zero attached hydrogens (tertiary/aromatic N) is 3. The second-order valence-corrected chi connectivity index (χ2v) is 8.33. The summed E-state index contributed by atoms with van der Waals surface area (Å²) in [6.07, 6.45) is 0.729. The molecule has 1 saturated heterocycles. The van der Waals surface area contributed by atoms with Crippen molar-refractivity contribution in [3.05, 3.63) is 46.7 Å². The van der Waals surface area contributed by atoms with E-state index in [9.17, 15) is 9.59 Å². The van der Waals surface area contributed by atoms with Gasteiger partial charge >= 0.3 is 0 Å². The molecule has 1 aromatic carbocycles. The predicted octanol–water partition coefficient (Wildman–Crippen LogP) is 3.04. The molecule has 156 valence electrons. The predicted molar refractivity (Wildman–Crippen MR) is 112 cm³/mol. The van der Waals surface area contributed by atoms with Crippen LogP contribution in [-0.4, -0.2) is 50.7 Å². The van der Waals surface area contributed by atoms with Gasteiger partial charge in [0.2, 0.25) is 5.91 Å². The zero-order valence-corrected chi connectivity index (χ0v) is 17.3. The van der Waals surface area contributed by atoms with E-state index in [2.05, 4.69) is 15.4 Å². The number of benzene rings is 1. The van der Waals surface area contributed by atoms with Crippen LogP contribution in [0.2, 0.25) is 5.02 Å². The maximum absolute atomic E-state index is 13.2. The van der Waals surface area contributed by atoms with Crippen LogP contribution in [0.1, 0.15) is 29.5 Å².